The van der Waals surface area contributed by atoms with Gasteiger partial charge in [0.15, 0.2) is 0 Å². The molecule has 0 aliphatic heterocycles. The second-order valence-corrected chi connectivity index (χ2v) is 5.24. The van der Waals surface area contributed by atoms with E-state index in [1.165, 1.54) is 11.3 Å². The molecule has 0 fully saturated rings. The molecule has 1 heterocycles. The normalized spacial score (nSPS) is 12.5. The monoisotopic (exact) mass is 278 g/mol. The van der Waals surface area contributed by atoms with Crippen molar-refractivity contribution in [2.24, 2.45) is 5.73 Å². The van der Waals surface area contributed by atoms with Gasteiger partial charge in [-0.3, -0.25) is 5.21 Å². The second-order valence-electron chi connectivity index (χ2n) is 2.75. The zero-order chi connectivity index (χ0) is 10.7. The number of urea groups is 1. The highest BCUT2D eigenvalue weighted by Crippen LogP contribution is 2.31. The van der Waals surface area contributed by atoms with Gasteiger partial charge in [0.25, 0.3) is 0 Å². The minimum atomic E-state index is -0.832. The third-order valence-electron chi connectivity index (χ3n) is 1.83. The van der Waals surface area contributed by atoms with Crippen LogP contribution in [-0.4, -0.2) is 16.3 Å². The molecule has 1 atom stereocenters. The molecule has 0 aromatic carbocycles. The Morgan fingerprint density at radius 3 is 2.79 bits per heavy atom. The fraction of sp³-hybridized carbons (Fsp3) is 0.375. The van der Waals surface area contributed by atoms with Crippen LogP contribution in [0.1, 0.15) is 24.3 Å². The molecule has 1 unspecified atom stereocenters. The molecule has 78 valence electrons. The lowest BCUT2D eigenvalue weighted by atomic mass is 10.2. The van der Waals surface area contributed by atoms with Gasteiger partial charge >= 0.3 is 6.03 Å². The van der Waals surface area contributed by atoms with E-state index < -0.39 is 6.03 Å². The number of hydrogen-bond acceptors (Lipinski definition) is 3. The lowest BCUT2D eigenvalue weighted by Crippen LogP contribution is -2.35. The summed E-state index contributed by atoms with van der Waals surface area (Å²) in [6, 6.07) is 2.54. The Morgan fingerprint density at radius 2 is 2.43 bits per heavy atom. The Kier molecular flexibility index (Phi) is 3.91. The summed E-state index contributed by atoms with van der Waals surface area (Å²) in [7, 11) is 0. The van der Waals surface area contributed by atoms with E-state index in [1.807, 2.05) is 19.1 Å². The van der Waals surface area contributed by atoms with Crippen molar-refractivity contribution in [3.8, 4) is 0 Å². The van der Waals surface area contributed by atoms with Gasteiger partial charge in [-0.1, -0.05) is 6.92 Å². The van der Waals surface area contributed by atoms with Crippen LogP contribution in [0.5, 0.6) is 0 Å². The summed E-state index contributed by atoms with van der Waals surface area (Å²) in [5, 5.41) is 9.97. The molecule has 4 nitrogen and oxygen atoms in total. The molecule has 1 rings (SSSR count). The van der Waals surface area contributed by atoms with Crippen LogP contribution in [0.4, 0.5) is 4.79 Å². The third-order valence-corrected chi connectivity index (χ3v) is 3.56. The first-order valence-electron chi connectivity index (χ1n) is 4.09. The maximum atomic E-state index is 10.8. The van der Waals surface area contributed by atoms with E-state index in [0.29, 0.717) is 11.5 Å². The van der Waals surface area contributed by atoms with Gasteiger partial charge in [-0.2, -0.15) is 5.06 Å². The van der Waals surface area contributed by atoms with Gasteiger partial charge in [-0.05, 0) is 34.5 Å². The topological polar surface area (TPSA) is 66.6 Å². The summed E-state index contributed by atoms with van der Waals surface area (Å²) in [6.45, 7) is 1.88. The Hall–Kier alpha value is -0.590. The van der Waals surface area contributed by atoms with E-state index in [4.69, 9.17) is 5.73 Å². The summed E-state index contributed by atoms with van der Waals surface area (Å²) < 4.78 is 0.962. The van der Waals surface area contributed by atoms with Crippen molar-refractivity contribution < 1.29 is 10.0 Å². The van der Waals surface area contributed by atoms with Crippen molar-refractivity contribution in [3.63, 3.8) is 0 Å². The van der Waals surface area contributed by atoms with Crippen LogP contribution in [0, 0.1) is 0 Å². The van der Waals surface area contributed by atoms with Gasteiger partial charge in [0.2, 0.25) is 0 Å². The van der Waals surface area contributed by atoms with Crippen molar-refractivity contribution in [2.45, 2.75) is 19.4 Å². The molecule has 6 heteroatoms. The average Bonchev–Trinajstić information content (AvgIpc) is 2.53. The lowest BCUT2D eigenvalue weighted by molar-refractivity contribution is -0.0764. The highest BCUT2D eigenvalue weighted by atomic mass is 79.9. The van der Waals surface area contributed by atoms with Crippen molar-refractivity contribution in [1.29, 1.82) is 0 Å². The van der Waals surface area contributed by atoms with Crippen LogP contribution in [0.2, 0.25) is 0 Å². The molecule has 0 spiro atoms. The standard InChI is InChI=1S/C8H11BrN2O2S/c1-2-5(11(13)8(10)12)6-3-4-7(9)14-6/h3-5,13H,2H2,1H3,(H2,10,12). The molecule has 0 radical (unpaired) electrons. The molecular formula is C8H11BrN2O2S. The quantitative estimate of drug-likeness (QED) is 0.660. The van der Waals surface area contributed by atoms with Crippen molar-refractivity contribution in [3.05, 3.63) is 20.8 Å². The predicted molar refractivity (Wildman–Crippen MR) is 58.3 cm³/mol. The van der Waals surface area contributed by atoms with Crippen LogP contribution in [0.3, 0.4) is 0 Å². The van der Waals surface area contributed by atoms with E-state index in [9.17, 15) is 10.0 Å². The Labute approximate surface area is 94.4 Å². The summed E-state index contributed by atoms with van der Waals surface area (Å²) >= 11 is 4.79. The Bertz CT molecular complexity index is 329. The van der Waals surface area contributed by atoms with E-state index in [0.717, 1.165) is 8.66 Å². The first kappa shape index (κ1) is 11.5. The van der Waals surface area contributed by atoms with Gasteiger partial charge in [0.1, 0.15) is 0 Å². The van der Waals surface area contributed by atoms with Gasteiger partial charge in [0, 0.05) is 4.88 Å². The number of nitrogens with zero attached hydrogens (tertiary/aromatic N) is 1. The molecule has 3 N–H and O–H groups in total. The third kappa shape index (κ3) is 2.46. The molecule has 2 amide bonds. The number of nitrogens with two attached hydrogens (primary N) is 1. The SMILES string of the molecule is CCC(c1ccc(Br)s1)N(O)C(N)=O. The van der Waals surface area contributed by atoms with Crippen molar-refractivity contribution in [2.75, 3.05) is 0 Å². The van der Waals surface area contributed by atoms with Crippen LogP contribution >= 0.6 is 27.3 Å². The summed E-state index contributed by atoms with van der Waals surface area (Å²) in [4.78, 5) is 11.7. The van der Waals surface area contributed by atoms with Gasteiger partial charge < -0.3 is 5.73 Å². The number of halogens is 1. The van der Waals surface area contributed by atoms with E-state index in [1.54, 1.807) is 0 Å². The number of hydrogen-bond donors (Lipinski definition) is 2. The molecule has 0 saturated heterocycles. The summed E-state index contributed by atoms with van der Waals surface area (Å²) in [5.74, 6) is 0. The zero-order valence-corrected chi connectivity index (χ0v) is 10.0. The van der Waals surface area contributed by atoms with E-state index in [2.05, 4.69) is 15.9 Å². The smallest absolute Gasteiger partial charge is 0.339 e. The van der Waals surface area contributed by atoms with Crippen molar-refractivity contribution in [1.82, 2.24) is 5.06 Å². The summed E-state index contributed by atoms with van der Waals surface area (Å²) in [5.41, 5.74) is 4.99. The minimum Gasteiger partial charge on any atom is -0.350 e. The van der Waals surface area contributed by atoms with Crippen LogP contribution < -0.4 is 5.73 Å². The number of carbonyl (C=O) groups is 1. The largest absolute Gasteiger partial charge is 0.350 e. The molecule has 1 aromatic rings. The number of thiophene rings is 1. The minimum absolute atomic E-state index is 0.358. The van der Waals surface area contributed by atoms with Gasteiger partial charge in [-0.25, -0.2) is 4.79 Å². The summed E-state index contributed by atoms with van der Waals surface area (Å²) in [6.07, 6.45) is 0.617. The number of hydroxylamine groups is 2. The molecule has 0 saturated carbocycles. The maximum Gasteiger partial charge on any atom is 0.339 e. The molecular weight excluding hydrogens is 268 g/mol. The molecule has 0 aliphatic rings. The number of rotatable bonds is 3. The Balaban J connectivity index is 2.86. The first-order valence-corrected chi connectivity index (χ1v) is 5.70. The zero-order valence-electron chi connectivity index (χ0n) is 7.61. The molecule has 0 aliphatic carbocycles. The molecule has 14 heavy (non-hydrogen) atoms. The van der Waals surface area contributed by atoms with Crippen LogP contribution in [0.15, 0.2) is 15.9 Å². The maximum absolute atomic E-state index is 10.8. The highest BCUT2D eigenvalue weighted by Gasteiger charge is 2.21. The van der Waals surface area contributed by atoms with Gasteiger partial charge in [-0.15, -0.1) is 11.3 Å². The van der Waals surface area contributed by atoms with Crippen molar-refractivity contribution >= 4 is 33.3 Å². The van der Waals surface area contributed by atoms with Gasteiger partial charge in [0.05, 0.1) is 9.83 Å². The Morgan fingerprint density at radius 1 is 1.79 bits per heavy atom. The van der Waals surface area contributed by atoms with E-state index >= 15 is 0 Å². The lowest BCUT2D eigenvalue weighted by Gasteiger charge is -2.21. The van der Waals surface area contributed by atoms with Crippen LogP contribution in [-0.2, 0) is 0 Å². The van der Waals surface area contributed by atoms with Crippen LogP contribution in [0.25, 0.3) is 0 Å². The van der Waals surface area contributed by atoms with E-state index in [-0.39, 0.29) is 6.04 Å². The highest BCUT2D eigenvalue weighted by molar-refractivity contribution is 9.11. The average molecular weight is 279 g/mol. The fourth-order valence-corrected chi connectivity index (χ4v) is 2.75. The fourth-order valence-electron chi connectivity index (χ4n) is 1.16. The molecule has 0 bridgehead atoms. The predicted octanol–water partition coefficient (Wildman–Crippen LogP) is 2.73. The second kappa shape index (κ2) is 4.77. The number of amides is 2. The first-order chi connectivity index (χ1) is 6.56. The molecule has 1 aromatic heterocycles. The number of primary amides is 1. The number of carbonyl (C=O) groups excluding carboxylic acids is 1.